The maximum atomic E-state index is 11.4. The average Bonchev–Trinajstić information content (AvgIpc) is 2.99. The number of hydrogen-bond acceptors (Lipinski definition) is 7. The molecule has 2 aromatic heterocycles. The van der Waals surface area contributed by atoms with Gasteiger partial charge in [-0.1, -0.05) is 0 Å². The molecule has 0 aliphatic rings. The molecule has 2 aromatic rings. The van der Waals surface area contributed by atoms with Gasteiger partial charge in [-0.25, -0.2) is 19.4 Å². The number of hydrogen-bond donors (Lipinski definition) is 5. The van der Waals surface area contributed by atoms with Gasteiger partial charge in [0.1, 0.15) is 5.52 Å². The van der Waals surface area contributed by atoms with E-state index in [2.05, 4.69) is 9.97 Å². The minimum atomic E-state index is -2.27. The van der Waals surface area contributed by atoms with E-state index in [-0.39, 0.29) is 11.2 Å². The van der Waals surface area contributed by atoms with Gasteiger partial charge in [-0.05, 0) is 0 Å². The molecule has 2 rings (SSSR count). The number of aliphatic carboxylic acids is 2. The van der Waals surface area contributed by atoms with E-state index in [0.717, 1.165) is 4.57 Å². The Morgan fingerprint density at radius 3 is 2.00 bits per heavy atom. The minimum Gasteiger partial charge on any atom is -0.479 e. The molecule has 5 N–H and O–H groups in total. The number of fused-ring (bicyclic) bond motifs is 1. The fourth-order valence-corrected chi connectivity index (χ4v) is 1.54. The summed E-state index contributed by atoms with van der Waals surface area (Å²) in [5.74, 6) is -3.54. The largest absolute Gasteiger partial charge is 0.479 e. The molecule has 12 heteroatoms. The Balaban J connectivity index is 0.000000241. The van der Waals surface area contributed by atoms with Crippen LogP contribution >= 0.6 is 0 Å². The van der Waals surface area contributed by atoms with Crippen LogP contribution in [0.5, 0.6) is 0 Å². The summed E-state index contributed by atoms with van der Waals surface area (Å²) >= 11 is 0. The minimum absolute atomic E-state index is 0.351. The number of aliphatic hydroxyl groups is 2. The van der Waals surface area contributed by atoms with Crippen molar-refractivity contribution in [2.45, 2.75) is 12.2 Å². The molecular formula is C11H14N4O8. The summed E-state index contributed by atoms with van der Waals surface area (Å²) in [7, 11) is 3.01. The highest BCUT2D eigenvalue weighted by atomic mass is 16.4. The molecule has 12 nitrogen and oxygen atoms in total. The van der Waals surface area contributed by atoms with E-state index < -0.39 is 24.1 Å². The lowest BCUT2D eigenvalue weighted by Crippen LogP contribution is -2.39. The van der Waals surface area contributed by atoms with Crippen LogP contribution in [-0.4, -0.2) is 63.7 Å². The van der Waals surface area contributed by atoms with Gasteiger partial charge in [-0.3, -0.25) is 13.9 Å². The number of carboxylic acids is 2. The molecule has 23 heavy (non-hydrogen) atoms. The molecule has 2 unspecified atom stereocenters. The Kier molecular flexibility index (Phi) is 5.38. The standard InChI is InChI=1S/C7H8N4O2.C4H6O6/c1-10-5-4(8-3-9-5)6(12)11(2)7(10)13;5-1(3(7)8)2(6)4(9)10/h3H,1-2H3,(H,8,9);1-2,5-6H,(H,7,8)(H,9,10). The van der Waals surface area contributed by atoms with E-state index >= 15 is 0 Å². The highest BCUT2D eigenvalue weighted by Crippen LogP contribution is 1.97. The Hall–Kier alpha value is -2.99. The molecule has 0 amide bonds. The van der Waals surface area contributed by atoms with Crippen LogP contribution in [0.4, 0.5) is 0 Å². The third-order valence-electron chi connectivity index (χ3n) is 2.83. The smallest absolute Gasteiger partial charge is 0.335 e. The topological polar surface area (TPSA) is 188 Å². The lowest BCUT2D eigenvalue weighted by molar-refractivity contribution is -0.165. The van der Waals surface area contributed by atoms with Gasteiger partial charge in [0, 0.05) is 14.1 Å². The van der Waals surface area contributed by atoms with Gasteiger partial charge in [-0.2, -0.15) is 0 Å². The summed E-state index contributed by atoms with van der Waals surface area (Å²) < 4.78 is 2.37. The summed E-state index contributed by atoms with van der Waals surface area (Å²) in [6.45, 7) is 0. The van der Waals surface area contributed by atoms with E-state index in [4.69, 9.17) is 20.4 Å². The lowest BCUT2D eigenvalue weighted by Gasteiger charge is -2.07. The third kappa shape index (κ3) is 3.61. The van der Waals surface area contributed by atoms with Crippen molar-refractivity contribution in [3.63, 3.8) is 0 Å². The molecule has 0 fully saturated rings. The number of imidazole rings is 1. The number of nitrogens with zero attached hydrogens (tertiary/aromatic N) is 3. The number of aliphatic hydroxyl groups excluding tert-OH is 2. The number of aryl methyl sites for hydroxylation is 1. The van der Waals surface area contributed by atoms with E-state index in [0.29, 0.717) is 11.2 Å². The van der Waals surface area contributed by atoms with Crippen LogP contribution in [0.3, 0.4) is 0 Å². The molecule has 0 spiro atoms. The fraction of sp³-hybridized carbons (Fsp3) is 0.364. The number of carboxylic acid groups (broad SMARTS) is 2. The van der Waals surface area contributed by atoms with Crippen LogP contribution < -0.4 is 11.2 Å². The molecule has 2 atom stereocenters. The van der Waals surface area contributed by atoms with Crippen molar-refractivity contribution < 1.29 is 30.0 Å². The summed E-state index contributed by atoms with van der Waals surface area (Å²) in [5.41, 5.74) is 0.0119. The highest BCUT2D eigenvalue weighted by Gasteiger charge is 2.29. The molecule has 0 radical (unpaired) electrons. The van der Waals surface area contributed by atoms with Crippen molar-refractivity contribution in [3.05, 3.63) is 27.2 Å². The molecular weight excluding hydrogens is 316 g/mol. The maximum Gasteiger partial charge on any atom is 0.335 e. The van der Waals surface area contributed by atoms with Crippen LogP contribution in [-0.2, 0) is 23.7 Å². The third-order valence-corrected chi connectivity index (χ3v) is 2.83. The van der Waals surface area contributed by atoms with Crippen LogP contribution in [0.2, 0.25) is 0 Å². The van der Waals surface area contributed by atoms with Crippen molar-refractivity contribution in [2.24, 2.45) is 14.1 Å². The fourth-order valence-electron chi connectivity index (χ4n) is 1.54. The van der Waals surface area contributed by atoms with E-state index in [9.17, 15) is 19.2 Å². The van der Waals surface area contributed by atoms with Gasteiger partial charge in [-0.15, -0.1) is 0 Å². The number of nitrogens with one attached hydrogen (secondary N) is 1. The highest BCUT2D eigenvalue weighted by molar-refractivity contribution is 5.83. The first-order chi connectivity index (χ1) is 10.6. The predicted octanol–water partition coefficient (Wildman–Crippen LogP) is -3.16. The number of aromatic nitrogens is 4. The van der Waals surface area contributed by atoms with Gasteiger partial charge in [0.25, 0.3) is 5.56 Å². The lowest BCUT2D eigenvalue weighted by atomic mass is 10.2. The first-order valence-electron chi connectivity index (χ1n) is 6.00. The van der Waals surface area contributed by atoms with Gasteiger partial charge < -0.3 is 25.4 Å². The zero-order valence-electron chi connectivity index (χ0n) is 12.0. The molecule has 0 bridgehead atoms. The number of H-pyrrole nitrogens is 1. The van der Waals surface area contributed by atoms with Crippen LogP contribution in [0.15, 0.2) is 15.9 Å². The van der Waals surface area contributed by atoms with Gasteiger partial charge in [0.05, 0.1) is 6.33 Å². The monoisotopic (exact) mass is 330 g/mol. The number of aromatic amines is 1. The van der Waals surface area contributed by atoms with E-state index in [1.54, 1.807) is 7.05 Å². The van der Waals surface area contributed by atoms with E-state index in [1.165, 1.54) is 17.9 Å². The first kappa shape index (κ1) is 18.1. The zero-order chi connectivity index (χ0) is 17.9. The molecule has 2 heterocycles. The number of carbonyl (C=O) groups is 2. The van der Waals surface area contributed by atoms with Gasteiger partial charge >= 0.3 is 17.6 Å². The Morgan fingerprint density at radius 1 is 1.09 bits per heavy atom. The normalized spacial score (nSPS) is 13.0. The molecule has 126 valence electrons. The summed E-state index contributed by atoms with van der Waals surface area (Å²) in [4.78, 5) is 48.9. The Morgan fingerprint density at radius 2 is 1.57 bits per heavy atom. The van der Waals surface area contributed by atoms with E-state index in [1.807, 2.05) is 0 Å². The van der Waals surface area contributed by atoms with Gasteiger partial charge in [0.2, 0.25) is 0 Å². The molecule has 0 aliphatic heterocycles. The van der Waals surface area contributed by atoms with Crippen molar-refractivity contribution in [2.75, 3.05) is 0 Å². The van der Waals surface area contributed by atoms with Gasteiger partial charge in [0.15, 0.2) is 17.9 Å². The van der Waals surface area contributed by atoms with Crippen LogP contribution in [0, 0.1) is 0 Å². The second kappa shape index (κ2) is 6.85. The number of rotatable bonds is 3. The second-order valence-electron chi connectivity index (χ2n) is 4.37. The Bertz CT molecular complexity index is 830. The molecule has 0 saturated heterocycles. The maximum absolute atomic E-state index is 11.4. The van der Waals surface area contributed by atoms with Crippen molar-refractivity contribution >= 4 is 23.1 Å². The van der Waals surface area contributed by atoms with Crippen molar-refractivity contribution in [1.29, 1.82) is 0 Å². The quantitative estimate of drug-likeness (QED) is 0.387. The second-order valence-corrected chi connectivity index (χ2v) is 4.37. The SMILES string of the molecule is Cn1c(=O)c2[nH]cnc2n(C)c1=O.O=C(O)C(O)C(O)C(=O)O. The molecule has 0 aliphatic carbocycles. The zero-order valence-corrected chi connectivity index (χ0v) is 12.0. The summed E-state index contributed by atoms with van der Waals surface area (Å²) in [5, 5.41) is 32.5. The average molecular weight is 330 g/mol. The first-order valence-corrected chi connectivity index (χ1v) is 6.00. The Labute approximate surface area is 126 Å². The predicted molar refractivity (Wildman–Crippen MR) is 73.9 cm³/mol. The summed E-state index contributed by atoms with van der Waals surface area (Å²) in [6, 6.07) is 0. The summed E-state index contributed by atoms with van der Waals surface area (Å²) in [6.07, 6.45) is -3.14. The van der Waals surface area contributed by atoms with Crippen LogP contribution in [0.25, 0.3) is 11.2 Å². The van der Waals surface area contributed by atoms with Crippen molar-refractivity contribution in [1.82, 2.24) is 19.1 Å². The molecule has 0 aromatic carbocycles. The molecule has 0 saturated carbocycles. The van der Waals surface area contributed by atoms with Crippen molar-refractivity contribution in [3.8, 4) is 0 Å². The van der Waals surface area contributed by atoms with Crippen LogP contribution in [0.1, 0.15) is 0 Å².